The van der Waals surface area contributed by atoms with Gasteiger partial charge in [0.2, 0.25) is 0 Å². The Kier molecular flexibility index (Phi) is 12.2. The van der Waals surface area contributed by atoms with Gasteiger partial charge in [-0.25, -0.2) is 9.98 Å². The molecular weight excluding hydrogens is 621 g/mol. The van der Waals surface area contributed by atoms with E-state index >= 15 is 0 Å². The highest BCUT2D eigenvalue weighted by Crippen LogP contribution is 2.55. The average Bonchev–Trinajstić information content (AvgIpc) is 3.43. The van der Waals surface area contributed by atoms with Gasteiger partial charge in [0, 0.05) is 33.7 Å². The number of hydrogen-bond acceptors (Lipinski definition) is 4. The second-order valence-corrected chi connectivity index (χ2v) is 16.0. The predicted molar refractivity (Wildman–Crippen MR) is 218 cm³/mol. The van der Waals surface area contributed by atoms with Crippen LogP contribution in [0.15, 0.2) is 101 Å². The molecule has 0 saturated carbocycles. The van der Waals surface area contributed by atoms with Crippen LogP contribution < -0.4 is 5.32 Å². The van der Waals surface area contributed by atoms with E-state index in [2.05, 4.69) is 119 Å². The largest absolute Gasteiger partial charge is 0.328 e. The van der Waals surface area contributed by atoms with Crippen molar-refractivity contribution in [3.05, 3.63) is 113 Å². The maximum absolute atomic E-state index is 5.08. The summed E-state index contributed by atoms with van der Waals surface area (Å²) in [7, 11) is 0. The lowest BCUT2D eigenvalue weighted by Gasteiger charge is -2.33. The lowest BCUT2D eigenvalue weighted by molar-refractivity contribution is 0.398. The summed E-state index contributed by atoms with van der Waals surface area (Å²) in [5.41, 5.74) is 10.1. The fourth-order valence-electron chi connectivity index (χ4n) is 8.14. The lowest BCUT2D eigenvalue weighted by Crippen LogP contribution is -2.42. The number of amidine groups is 2. The van der Waals surface area contributed by atoms with E-state index in [-0.39, 0.29) is 17.0 Å². The molecule has 1 aliphatic heterocycles. The zero-order chi connectivity index (χ0) is 35.7. The van der Waals surface area contributed by atoms with Crippen molar-refractivity contribution in [3.63, 3.8) is 0 Å². The molecule has 0 radical (unpaired) electrons. The van der Waals surface area contributed by atoms with Crippen molar-refractivity contribution in [3.8, 4) is 22.4 Å². The Labute approximate surface area is 308 Å². The van der Waals surface area contributed by atoms with Gasteiger partial charge >= 0.3 is 0 Å². The summed E-state index contributed by atoms with van der Waals surface area (Å²) in [6.45, 7) is 11.2. The Balaban J connectivity index is 1.31. The molecule has 2 aliphatic rings. The van der Waals surface area contributed by atoms with E-state index in [1.54, 1.807) is 5.56 Å². The zero-order valence-corrected chi connectivity index (χ0v) is 32.0. The van der Waals surface area contributed by atoms with Gasteiger partial charge in [-0.1, -0.05) is 184 Å². The van der Waals surface area contributed by atoms with E-state index in [1.807, 2.05) is 12.3 Å². The van der Waals surface area contributed by atoms with E-state index in [1.165, 1.54) is 112 Å². The number of hydrogen-bond donors (Lipinski definition) is 1. The third kappa shape index (κ3) is 8.54. The molecule has 2 heterocycles. The normalized spacial score (nSPS) is 16.2. The highest BCUT2D eigenvalue weighted by atomic mass is 15.2. The second kappa shape index (κ2) is 17.0. The summed E-state index contributed by atoms with van der Waals surface area (Å²) in [5.74, 6) is 1.80. The Bertz CT molecular complexity index is 1760. The van der Waals surface area contributed by atoms with E-state index in [0.29, 0.717) is 0 Å². The van der Waals surface area contributed by atoms with Gasteiger partial charge in [0.05, 0.1) is 5.69 Å². The summed E-state index contributed by atoms with van der Waals surface area (Å²) < 4.78 is 0. The molecule has 1 N–H and O–H groups in total. The van der Waals surface area contributed by atoms with E-state index in [4.69, 9.17) is 15.0 Å². The van der Waals surface area contributed by atoms with Gasteiger partial charge in [-0.05, 0) is 47.2 Å². The molecule has 1 atom stereocenters. The molecule has 3 aromatic carbocycles. The number of nitrogens with one attached hydrogen (secondary N) is 1. The fraction of sp³-hybridized carbons (Fsp3) is 0.468. The summed E-state index contributed by atoms with van der Waals surface area (Å²) in [4.78, 5) is 15.2. The monoisotopic (exact) mass is 680 g/mol. The molecular formula is C47H60N4. The van der Waals surface area contributed by atoms with Crippen molar-refractivity contribution < 1.29 is 0 Å². The van der Waals surface area contributed by atoms with Gasteiger partial charge in [-0.2, -0.15) is 0 Å². The number of aliphatic imine (C=N–C) groups is 2. The van der Waals surface area contributed by atoms with E-state index in [0.717, 1.165) is 28.5 Å². The minimum Gasteiger partial charge on any atom is -0.328 e. The van der Waals surface area contributed by atoms with Crippen LogP contribution in [0.1, 0.15) is 153 Å². The van der Waals surface area contributed by atoms with Crippen LogP contribution >= 0.6 is 0 Å². The minimum absolute atomic E-state index is 0.0626. The van der Waals surface area contributed by atoms with E-state index in [9.17, 15) is 0 Å². The van der Waals surface area contributed by atoms with Crippen molar-refractivity contribution in [2.45, 2.75) is 136 Å². The van der Waals surface area contributed by atoms with Crippen molar-refractivity contribution >= 4 is 11.7 Å². The molecule has 268 valence electrons. The first-order valence-corrected chi connectivity index (χ1v) is 20.0. The van der Waals surface area contributed by atoms with Gasteiger partial charge < -0.3 is 5.32 Å². The molecule has 0 amide bonds. The van der Waals surface area contributed by atoms with Crippen LogP contribution in [-0.2, 0) is 5.41 Å². The van der Waals surface area contributed by atoms with Gasteiger partial charge in [0.15, 0.2) is 6.17 Å². The first-order chi connectivity index (χ1) is 24.8. The number of benzene rings is 3. The molecule has 1 unspecified atom stereocenters. The fourth-order valence-corrected chi connectivity index (χ4v) is 8.14. The molecule has 6 rings (SSSR count). The van der Waals surface area contributed by atoms with Crippen molar-refractivity contribution in [2.75, 3.05) is 0 Å². The molecule has 1 aliphatic carbocycles. The number of unbranched alkanes of at least 4 members (excludes halogenated alkanes) is 10. The van der Waals surface area contributed by atoms with Gasteiger partial charge in [-0.15, -0.1) is 0 Å². The Morgan fingerprint density at radius 3 is 1.88 bits per heavy atom. The van der Waals surface area contributed by atoms with Gasteiger partial charge in [-0.3, -0.25) is 4.98 Å². The summed E-state index contributed by atoms with van der Waals surface area (Å²) in [5, 5.41) is 3.52. The highest BCUT2D eigenvalue weighted by Gasteiger charge is 2.42. The quantitative estimate of drug-likeness (QED) is 0.113. The SMILES string of the molecule is CCCCCCCCC1(CCCCCCCC)c2ccccc2-c2ccc(-c3ccc(C4N=C(c5ccccc5)NC(C(C)(C)C)=N4)cn3)cc21. The van der Waals surface area contributed by atoms with E-state index < -0.39 is 0 Å². The number of nitrogens with zero attached hydrogens (tertiary/aromatic N) is 3. The molecule has 0 spiro atoms. The Morgan fingerprint density at radius 2 is 1.24 bits per heavy atom. The summed E-state index contributed by atoms with van der Waals surface area (Å²) >= 11 is 0. The third-order valence-electron chi connectivity index (χ3n) is 11.1. The molecule has 0 saturated heterocycles. The van der Waals surface area contributed by atoms with Crippen molar-refractivity contribution in [1.29, 1.82) is 0 Å². The van der Waals surface area contributed by atoms with Crippen LogP contribution in [0, 0.1) is 5.41 Å². The van der Waals surface area contributed by atoms with Crippen LogP contribution in [0.2, 0.25) is 0 Å². The first kappa shape index (κ1) is 36.7. The maximum atomic E-state index is 5.08. The standard InChI is InChI=1S/C47H60N4/c1-6-8-10-12-14-21-31-47(32-22-15-13-11-9-7-2)40-26-20-19-25-38(40)39-29-27-36(33-41(39)47)42-30-28-37(34-48-42)44-49-43(35-23-17-16-18-24-35)50-45(51-44)46(3,4)5/h16-20,23-30,33-34,44H,6-15,21-22,31-32H2,1-5H3,(H,49,50,51). The van der Waals surface area contributed by atoms with Gasteiger partial charge in [0.25, 0.3) is 0 Å². The summed E-state index contributed by atoms with van der Waals surface area (Å²) in [6.07, 6.45) is 20.0. The number of rotatable bonds is 17. The third-order valence-corrected chi connectivity index (χ3v) is 11.1. The van der Waals surface area contributed by atoms with Crippen LogP contribution in [0.25, 0.3) is 22.4 Å². The number of aromatic nitrogens is 1. The molecule has 1 aromatic heterocycles. The van der Waals surface area contributed by atoms with Gasteiger partial charge in [0.1, 0.15) is 11.7 Å². The highest BCUT2D eigenvalue weighted by molar-refractivity contribution is 6.11. The molecule has 4 heteroatoms. The van der Waals surface area contributed by atoms with Crippen LogP contribution in [0.3, 0.4) is 0 Å². The number of pyridine rings is 1. The molecule has 4 aromatic rings. The van der Waals surface area contributed by atoms with Crippen molar-refractivity contribution in [2.24, 2.45) is 15.4 Å². The molecule has 4 nitrogen and oxygen atoms in total. The smallest absolute Gasteiger partial charge is 0.170 e. The predicted octanol–water partition coefficient (Wildman–Crippen LogP) is 13.0. The van der Waals surface area contributed by atoms with Crippen LogP contribution in [-0.4, -0.2) is 16.7 Å². The topological polar surface area (TPSA) is 49.6 Å². The first-order valence-electron chi connectivity index (χ1n) is 20.0. The Morgan fingerprint density at radius 1 is 0.608 bits per heavy atom. The molecule has 0 bridgehead atoms. The van der Waals surface area contributed by atoms with Crippen molar-refractivity contribution in [1.82, 2.24) is 10.3 Å². The minimum atomic E-state index is -0.339. The molecule has 0 fully saturated rings. The van der Waals surface area contributed by atoms with Crippen LogP contribution in [0.5, 0.6) is 0 Å². The number of fused-ring (bicyclic) bond motifs is 3. The van der Waals surface area contributed by atoms with Crippen LogP contribution in [0.4, 0.5) is 0 Å². The Hall–Kier alpha value is -4.05. The lowest BCUT2D eigenvalue weighted by atomic mass is 9.70. The second-order valence-electron chi connectivity index (χ2n) is 16.0. The maximum Gasteiger partial charge on any atom is 0.170 e. The average molecular weight is 681 g/mol. The zero-order valence-electron chi connectivity index (χ0n) is 32.0. The summed E-state index contributed by atoms with van der Waals surface area (Å²) in [6, 6.07) is 31.2. The molecule has 51 heavy (non-hydrogen) atoms.